The predicted octanol–water partition coefficient (Wildman–Crippen LogP) is 7.86. The molecule has 0 aliphatic heterocycles. The van der Waals surface area contributed by atoms with Gasteiger partial charge in [-0.05, 0) is 0 Å². The molecule has 0 saturated heterocycles. The Morgan fingerprint density at radius 2 is 0.952 bits per heavy atom. The van der Waals surface area contributed by atoms with E-state index in [9.17, 15) is 0 Å². The number of unbranched alkanes of at least 4 members (excludes halogenated alkanes) is 10. The average Bonchev–Trinajstić information content (AvgIpc) is 2.45. The van der Waals surface area contributed by atoms with Gasteiger partial charge in [-0.25, -0.2) is 0 Å². The third kappa shape index (κ3) is 16.7. The van der Waals surface area contributed by atoms with Crippen molar-refractivity contribution in [3.63, 3.8) is 0 Å². The van der Waals surface area contributed by atoms with Crippen LogP contribution in [0.5, 0.6) is 0 Å². The second-order valence-electron chi connectivity index (χ2n) is 7.61. The first-order valence-corrected chi connectivity index (χ1v) is 12.7. The van der Waals surface area contributed by atoms with E-state index in [1.165, 1.54) is 64.2 Å². The Hall–Kier alpha value is 0.532. The van der Waals surface area contributed by atoms with Crippen molar-refractivity contribution in [1.29, 1.82) is 0 Å². The van der Waals surface area contributed by atoms with Crippen LogP contribution in [0.1, 0.15) is 105 Å². The Labute approximate surface area is 140 Å². The van der Waals surface area contributed by atoms with Crippen LogP contribution in [-0.2, 0) is 0 Å². The van der Waals surface area contributed by atoms with E-state index >= 15 is 0 Å². The highest BCUT2D eigenvalue weighted by molar-refractivity contribution is 6.58. The third-order valence-electron chi connectivity index (χ3n) is 4.74. The molecule has 0 aromatic carbocycles. The largest absolute Gasteiger partial charge is 0.262 e. The van der Waals surface area contributed by atoms with Gasteiger partial charge in [0.25, 0.3) is 14.1 Å². The molecule has 0 saturated carbocycles. The summed E-state index contributed by atoms with van der Waals surface area (Å²) in [6.45, 7) is 9.49. The molecule has 0 aromatic rings. The molecule has 1 heteroatoms. The zero-order chi connectivity index (χ0) is 15.8. The fourth-order valence-electron chi connectivity index (χ4n) is 3.47. The van der Waals surface area contributed by atoms with E-state index in [0.29, 0.717) is 0 Å². The lowest BCUT2D eigenvalue weighted by Gasteiger charge is -2.14. The third-order valence-corrected chi connectivity index (χ3v) is 8.80. The normalized spacial score (nSPS) is 11.3. The molecule has 0 fully saturated rings. The van der Waals surface area contributed by atoms with E-state index < -0.39 is 14.1 Å². The average molecular weight is 311 g/mol. The Bertz CT molecular complexity index is 172. The van der Waals surface area contributed by atoms with Crippen LogP contribution in [0.2, 0.25) is 15.8 Å². The summed E-state index contributed by atoms with van der Waals surface area (Å²) in [5.74, 6) is 0.946. The smallest absolute Gasteiger partial charge is 0.0938 e. The van der Waals surface area contributed by atoms with Crippen LogP contribution in [0.15, 0.2) is 0 Å². The predicted molar refractivity (Wildman–Crippen MR) is 102 cm³/mol. The van der Waals surface area contributed by atoms with Crippen LogP contribution in [0, 0.1) is 5.92 Å². The fraction of sp³-hybridized carbons (Fsp3) is 1.00. The lowest BCUT2D eigenvalue weighted by Crippen LogP contribution is -2.14. The Kier molecular flexibility index (Phi) is 17.3. The molecule has 0 atom stereocenters. The highest BCUT2D eigenvalue weighted by Crippen LogP contribution is 2.20. The zero-order valence-corrected chi connectivity index (χ0v) is 16.9. The summed E-state index contributed by atoms with van der Waals surface area (Å²) in [6.07, 6.45) is 17.7. The standard InChI is InChI=1S/2C8H17.C4H9.Al/c2*1-3-5-7-8-6-4-2;1-4(2)3;/h2*1,3-8H2,2H3;4H,1H2,2-3H3;. The summed E-state index contributed by atoms with van der Waals surface area (Å²) in [7, 11) is 0. The molecule has 0 aliphatic rings. The number of rotatable bonds is 16. The van der Waals surface area contributed by atoms with Gasteiger partial charge < -0.3 is 0 Å². The minimum atomic E-state index is -0.409. The van der Waals surface area contributed by atoms with Gasteiger partial charge in [-0.15, -0.1) is 0 Å². The molecule has 0 radical (unpaired) electrons. The van der Waals surface area contributed by atoms with Crippen molar-refractivity contribution in [1.82, 2.24) is 0 Å². The first-order chi connectivity index (χ1) is 10.2. The first kappa shape index (κ1) is 21.5. The molecule has 126 valence electrons. The van der Waals surface area contributed by atoms with Crippen LogP contribution in [-0.4, -0.2) is 14.1 Å². The summed E-state index contributed by atoms with van der Waals surface area (Å²) in [4.78, 5) is 0. The topological polar surface area (TPSA) is 0 Å². The highest BCUT2D eigenvalue weighted by atomic mass is 27.2. The number of hydrogen-bond donors (Lipinski definition) is 0. The van der Waals surface area contributed by atoms with Gasteiger partial charge in [-0.1, -0.05) is 127 Å². The van der Waals surface area contributed by atoms with Gasteiger partial charge in [0.05, 0.1) is 0 Å². The van der Waals surface area contributed by atoms with E-state index in [0.717, 1.165) is 5.92 Å². The van der Waals surface area contributed by atoms with Crippen molar-refractivity contribution < 1.29 is 0 Å². The molecule has 0 spiro atoms. The summed E-state index contributed by atoms with van der Waals surface area (Å²) in [5, 5.41) is 4.88. The first-order valence-electron chi connectivity index (χ1n) is 10.2. The maximum atomic E-state index is 2.43. The molecule has 0 amide bonds. The van der Waals surface area contributed by atoms with Crippen molar-refractivity contribution >= 4 is 14.1 Å². The fourth-order valence-corrected chi connectivity index (χ4v) is 7.30. The van der Waals surface area contributed by atoms with Crippen molar-refractivity contribution in [2.24, 2.45) is 5.92 Å². The van der Waals surface area contributed by atoms with Crippen molar-refractivity contribution in [2.45, 2.75) is 121 Å². The minimum Gasteiger partial charge on any atom is -0.0938 e. The van der Waals surface area contributed by atoms with Crippen molar-refractivity contribution in [3.05, 3.63) is 0 Å². The molecule has 0 N–H and O–H groups in total. The second kappa shape index (κ2) is 16.9. The molecule has 0 aliphatic carbocycles. The summed E-state index contributed by atoms with van der Waals surface area (Å²) >= 11 is -0.409. The van der Waals surface area contributed by atoms with Crippen LogP contribution in [0.25, 0.3) is 0 Å². The molecule has 21 heavy (non-hydrogen) atoms. The molecular weight excluding hydrogens is 267 g/mol. The van der Waals surface area contributed by atoms with Gasteiger partial charge in [0, 0.05) is 0 Å². The van der Waals surface area contributed by atoms with Crippen molar-refractivity contribution in [3.8, 4) is 0 Å². The SMILES string of the molecule is CCCCCCC[CH2][Al]([CH2]CCCCCCC)[CH2]C(C)C. The molecule has 0 aromatic heterocycles. The minimum absolute atomic E-state index is 0.409. The van der Waals surface area contributed by atoms with E-state index in [2.05, 4.69) is 27.7 Å². The van der Waals surface area contributed by atoms with Gasteiger partial charge in [-0.3, -0.25) is 0 Å². The molecule has 0 nitrogen and oxygen atoms in total. The summed E-state index contributed by atoms with van der Waals surface area (Å²) < 4.78 is 0. The molecular formula is C20H43Al. The lowest BCUT2D eigenvalue weighted by atomic mass is 10.1. The molecule has 0 unspecified atom stereocenters. The van der Waals surface area contributed by atoms with Gasteiger partial charge in [-0.2, -0.15) is 0 Å². The summed E-state index contributed by atoms with van der Waals surface area (Å²) in [6, 6.07) is 0. The maximum Gasteiger partial charge on any atom is 0.262 e. The quantitative estimate of drug-likeness (QED) is 0.201. The molecule has 0 heterocycles. The zero-order valence-electron chi connectivity index (χ0n) is 15.8. The molecule has 0 bridgehead atoms. The van der Waals surface area contributed by atoms with E-state index in [1.54, 1.807) is 28.7 Å². The Balaban J connectivity index is 3.62. The maximum absolute atomic E-state index is 2.43. The highest BCUT2D eigenvalue weighted by Gasteiger charge is 2.17. The van der Waals surface area contributed by atoms with Gasteiger partial charge >= 0.3 is 0 Å². The second-order valence-corrected chi connectivity index (χ2v) is 11.0. The van der Waals surface area contributed by atoms with E-state index in [4.69, 9.17) is 0 Å². The van der Waals surface area contributed by atoms with E-state index in [-0.39, 0.29) is 0 Å². The Morgan fingerprint density at radius 3 is 1.33 bits per heavy atom. The van der Waals surface area contributed by atoms with E-state index in [1.807, 2.05) is 0 Å². The Morgan fingerprint density at radius 1 is 0.571 bits per heavy atom. The molecule has 0 rings (SSSR count). The lowest BCUT2D eigenvalue weighted by molar-refractivity contribution is 0.613. The number of hydrogen-bond acceptors (Lipinski definition) is 0. The van der Waals surface area contributed by atoms with Gasteiger partial charge in [0.1, 0.15) is 0 Å². The van der Waals surface area contributed by atoms with Crippen LogP contribution < -0.4 is 0 Å². The van der Waals surface area contributed by atoms with Gasteiger partial charge in [0.2, 0.25) is 0 Å². The van der Waals surface area contributed by atoms with Crippen LogP contribution in [0.3, 0.4) is 0 Å². The van der Waals surface area contributed by atoms with Crippen LogP contribution >= 0.6 is 0 Å². The van der Waals surface area contributed by atoms with Crippen molar-refractivity contribution in [2.75, 3.05) is 0 Å². The van der Waals surface area contributed by atoms with Gasteiger partial charge in [0.15, 0.2) is 0 Å². The van der Waals surface area contributed by atoms with Crippen LogP contribution in [0.4, 0.5) is 0 Å². The monoisotopic (exact) mass is 310 g/mol. The summed E-state index contributed by atoms with van der Waals surface area (Å²) in [5.41, 5.74) is 0.